The number of aliphatic hydroxyl groups is 1. The normalized spacial score (nSPS) is 13.5. The fraction of sp³-hybridized carbons (Fsp3) is 0.250. The highest BCUT2D eigenvalue weighted by Crippen LogP contribution is 2.33. The molecule has 0 aliphatic rings. The number of halogens is 4. The lowest BCUT2D eigenvalue weighted by Crippen LogP contribution is -2.58. The zero-order chi connectivity index (χ0) is 25.2. The second-order valence-corrected chi connectivity index (χ2v) is 8.77. The minimum atomic E-state index is -5.01. The van der Waals surface area contributed by atoms with E-state index in [2.05, 4.69) is 10.4 Å². The predicted molar refractivity (Wildman–Crippen MR) is 126 cm³/mol. The van der Waals surface area contributed by atoms with Crippen LogP contribution in [0.15, 0.2) is 65.5 Å². The van der Waals surface area contributed by atoms with E-state index in [1.54, 1.807) is 35.9 Å². The van der Waals surface area contributed by atoms with Crippen molar-refractivity contribution < 1.29 is 27.5 Å². The average molecular weight is 507 g/mol. The number of fused-ring (bicyclic) bond motifs is 1. The molecule has 0 spiro atoms. The second-order valence-electron chi connectivity index (χ2n) is 7.99. The Balaban J connectivity index is 1.59. The van der Waals surface area contributed by atoms with E-state index in [9.17, 15) is 27.5 Å². The van der Waals surface area contributed by atoms with Crippen molar-refractivity contribution in [3.8, 4) is 5.69 Å². The van der Waals surface area contributed by atoms with Crippen molar-refractivity contribution in [2.45, 2.75) is 18.7 Å². The summed E-state index contributed by atoms with van der Waals surface area (Å²) in [6, 6.07) is 12.1. The number of alkyl halides is 3. The number of likely N-dealkylation sites (N-methyl/N-ethyl adjacent to an activating group) is 1. The first-order chi connectivity index (χ1) is 16.6. The van der Waals surface area contributed by atoms with Gasteiger partial charge < -0.3 is 15.3 Å². The van der Waals surface area contributed by atoms with Gasteiger partial charge in [0.25, 0.3) is 5.91 Å². The van der Waals surface area contributed by atoms with Crippen molar-refractivity contribution in [3.05, 3.63) is 76.9 Å². The molecule has 1 amide bonds. The molecule has 184 valence electrons. The molecule has 2 N–H and O–H groups in total. The minimum Gasteiger partial charge on any atom is -0.381 e. The molecule has 6 nitrogen and oxygen atoms in total. The molecule has 1 atom stereocenters. The van der Waals surface area contributed by atoms with Crippen LogP contribution in [0, 0.1) is 5.82 Å². The molecule has 2 aromatic heterocycles. The third-order valence-corrected chi connectivity index (χ3v) is 6.36. The number of hydrogen-bond donors (Lipinski definition) is 2. The minimum absolute atomic E-state index is 0.00685. The maximum Gasteiger partial charge on any atom is 0.420 e. The fourth-order valence-electron chi connectivity index (χ4n) is 3.69. The van der Waals surface area contributed by atoms with Gasteiger partial charge in [0.15, 0.2) is 5.60 Å². The second kappa shape index (κ2) is 9.67. The summed E-state index contributed by atoms with van der Waals surface area (Å²) in [5, 5.41) is 21.4. The van der Waals surface area contributed by atoms with Crippen LogP contribution in [0.3, 0.4) is 0 Å². The molecular formula is C24H22F4N4O2S. The van der Waals surface area contributed by atoms with Crippen molar-refractivity contribution in [3.63, 3.8) is 0 Å². The molecule has 0 bridgehead atoms. The molecule has 2 heterocycles. The Bertz CT molecular complexity index is 1310. The molecule has 0 aliphatic heterocycles. The lowest BCUT2D eigenvalue weighted by Gasteiger charge is -2.35. The van der Waals surface area contributed by atoms with E-state index in [-0.39, 0.29) is 12.1 Å². The van der Waals surface area contributed by atoms with Gasteiger partial charge in [0.05, 0.1) is 36.1 Å². The van der Waals surface area contributed by atoms with Gasteiger partial charge in [0, 0.05) is 23.0 Å². The van der Waals surface area contributed by atoms with Crippen LogP contribution in [0.5, 0.6) is 0 Å². The fourth-order valence-corrected chi connectivity index (χ4v) is 4.32. The number of benzene rings is 2. The highest BCUT2D eigenvalue weighted by molar-refractivity contribution is 7.08. The van der Waals surface area contributed by atoms with E-state index in [4.69, 9.17) is 0 Å². The third-order valence-electron chi connectivity index (χ3n) is 5.67. The average Bonchev–Trinajstić information content (AvgIpc) is 3.51. The van der Waals surface area contributed by atoms with Gasteiger partial charge >= 0.3 is 6.18 Å². The molecule has 2 aromatic carbocycles. The summed E-state index contributed by atoms with van der Waals surface area (Å²) in [6.45, 7) is -0.267. The Labute approximate surface area is 202 Å². The summed E-state index contributed by atoms with van der Waals surface area (Å²) in [6.07, 6.45) is -3.53. The Morgan fingerprint density at radius 1 is 1.17 bits per heavy atom. The predicted octanol–water partition coefficient (Wildman–Crippen LogP) is 5.09. The summed E-state index contributed by atoms with van der Waals surface area (Å²) < 4.78 is 56.8. The standard InChI is InChI=1S/C24H22F4N4O2S/c1-2-31(22(33)16-10-11-35-13-16)15-23(34,24(26,27)28)14-29-20-4-3-5-21-19(20)12-30-32(21)18-8-6-17(25)7-9-18/h3-13,29,34H,2,14-15H2,1H3. The molecule has 0 radical (unpaired) electrons. The van der Waals surface area contributed by atoms with Crippen LogP contribution in [-0.4, -0.2) is 57.1 Å². The van der Waals surface area contributed by atoms with Crippen molar-refractivity contribution in [1.29, 1.82) is 0 Å². The zero-order valence-corrected chi connectivity index (χ0v) is 19.4. The smallest absolute Gasteiger partial charge is 0.381 e. The van der Waals surface area contributed by atoms with Crippen molar-refractivity contribution >= 4 is 33.8 Å². The summed E-state index contributed by atoms with van der Waals surface area (Å²) in [7, 11) is 0. The van der Waals surface area contributed by atoms with Gasteiger partial charge in [0.1, 0.15) is 5.82 Å². The lowest BCUT2D eigenvalue weighted by molar-refractivity contribution is -0.257. The highest BCUT2D eigenvalue weighted by Gasteiger charge is 2.55. The van der Waals surface area contributed by atoms with Gasteiger partial charge in [-0.25, -0.2) is 9.07 Å². The highest BCUT2D eigenvalue weighted by atomic mass is 32.1. The summed E-state index contributed by atoms with van der Waals surface area (Å²) >= 11 is 1.26. The number of nitrogens with zero attached hydrogens (tertiary/aromatic N) is 3. The van der Waals surface area contributed by atoms with Gasteiger partial charge in [-0.05, 0) is 54.8 Å². The maximum absolute atomic E-state index is 14.0. The van der Waals surface area contributed by atoms with Gasteiger partial charge in [-0.15, -0.1) is 0 Å². The molecule has 4 aromatic rings. The Kier molecular flexibility index (Phi) is 6.82. The third kappa shape index (κ3) is 5.01. The number of rotatable bonds is 8. The summed E-state index contributed by atoms with van der Waals surface area (Å²) in [4.78, 5) is 13.6. The number of nitrogens with one attached hydrogen (secondary N) is 1. The number of amides is 1. The van der Waals surface area contributed by atoms with Crippen molar-refractivity contribution in [2.75, 3.05) is 25.0 Å². The first-order valence-electron chi connectivity index (χ1n) is 10.7. The monoisotopic (exact) mass is 506 g/mol. The maximum atomic E-state index is 14.0. The molecule has 0 fully saturated rings. The molecule has 0 aliphatic carbocycles. The van der Waals surface area contributed by atoms with Crippen LogP contribution in [0.4, 0.5) is 23.2 Å². The van der Waals surface area contributed by atoms with Crippen LogP contribution in [-0.2, 0) is 0 Å². The van der Waals surface area contributed by atoms with E-state index in [1.165, 1.54) is 52.5 Å². The van der Waals surface area contributed by atoms with E-state index in [0.717, 1.165) is 4.90 Å². The molecule has 4 rings (SSSR count). The SMILES string of the molecule is CCN(CC(O)(CNc1cccc2c1cnn2-c1ccc(F)cc1)C(F)(F)F)C(=O)c1ccsc1. The number of aromatic nitrogens is 2. The van der Waals surface area contributed by atoms with Crippen LogP contribution in [0.1, 0.15) is 17.3 Å². The van der Waals surface area contributed by atoms with Crippen LogP contribution in [0.25, 0.3) is 16.6 Å². The largest absolute Gasteiger partial charge is 0.420 e. The van der Waals surface area contributed by atoms with Crippen LogP contribution >= 0.6 is 11.3 Å². The van der Waals surface area contributed by atoms with Gasteiger partial charge in [0.2, 0.25) is 0 Å². The van der Waals surface area contributed by atoms with E-state index in [1.807, 2.05) is 0 Å². The molecule has 35 heavy (non-hydrogen) atoms. The first kappa shape index (κ1) is 24.7. The lowest BCUT2D eigenvalue weighted by atomic mass is 10.0. The van der Waals surface area contributed by atoms with Crippen molar-refractivity contribution in [2.24, 2.45) is 0 Å². The Hall–Kier alpha value is -3.44. The molecule has 0 saturated heterocycles. The number of anilines is 1. The topological polar surface area (TPSA) is 70.4 Å². The molecule has 1 unspecified atom stereocenters. The Morgan fingerprint density at radius 2 is 1.91 bits per heavy atom. The van der Waals surface area contributed by atoms with Crippen LogP contribution < -0.4 is 5.32 Å². The Morgan fingerprint density at radius 3 is 2.54 bits per heavy atom. The van der Waals surface area contributed by atoms with Gasteiger partial charge in [-0.3, -0.25) is 4.79 Å². The number of carbonyl (C=O) groups excluding carboxylic acids is 1. The number of hydrogen-bond acceptors (Lipinski definition) is 5. The van der Waals surface area contributed by atoms with Crippen LogP contribution in [0.2, 0.25) is 0 Å². The number of thiophene rings is 1. The first-order valence-corrected chi connectivity index (χ1v) is 11.6. The quantitative estimate of drug-likeness (QED) is 0.327. The van der Waals surface area contributed by atoms with E-state index >= 15 is 0 Å². The summed E-state index contributed by atoms with van der Waals surface area (Å²) in [5.74, 6) is -0.989. The number of carbonyl (C=O) groups is 1. The van der Waals surface area contributed by atoms with Crippen molar-refractivity contribution in [1.82, 2.24) is 14.7 Å². The summed E-state index contributed by atoms with van der Waals surface area (Å²) in [5.41, 5.74) is -1.45. The molecule has 11 heteroatoms. The molecule has 0 saturated carbocycles. The van der Waals surface area contributed by atoms with E-state index < -0.39 is 36.6 Å². The molecular weight excluding hydrogens is 484 g/mol. The van der Waals surface area contributed by atoms with E-state index in [0.29, 0.717) is 22.3 Å². The van der Waals surface area contributed by atoms with Gasteiger partial charge in [-0.1, -0.05) is 6.07 Å². The van der Waals surface area contributed by atoms with Gasteiger partial charge in [-0.2, -0.15) is 29.6 Å². The zero-order valence-electron chi connectivity index (χ0n) is 18.6.